The highest BCUT2D eigenvalue weighted by Gasteiger charge is 2.13. The molecule has 0 aliphatic carbocycles. The Balaban J connectivity index is 2.00. The van der Waals surface area contributed by atoms with Crippen molar-refractivity contribution >= 4 is 0 Å². The summed E-state index contributed by atoms with van der Waals surface area (Å²) < 4.78 is 16.6. The molecule has 5 nitrogen and oxygen atoms in total. The molecular weight excluding hydrogens is 306 g/mol. The van der Waals surface area contributed by atoms with E-state index in [1.807, 2.05) is 37.3 Å². The third-order valence-corrected chi connectivity index (χ3v) is 3.41. The van der Waals surface area contributed by atoms with E-state index in [1.54, 1.807) is 27.0 Å². The van der Waals surface area contributed by atoms with Crippen LogP contribution >= 0.6 is 0 Å². The van der Waals surface area contributed by atoms with Crippen LogP contribution in [0.4, 0.5) is 0 Å². The number of hydrogen-bond donors (Lipinski definition) is 1. The van der Waals surface area contributed by atoms with Crippen LogP contribution in [0.5, 0.6) is 17.4 Å². The number of nitrogens with zero attached hydrogens (tertiary/aromatic N) is 1. The number of benzene rings is 1. The van der Waals surface area contributed by atoms with E-state index in [9.17, 15) is 5.11 Å². The van der Waals surface area contributed by atoms with Gasteiger partial charge in [-0.05, 0) is 44.5 Å². The molecule has 0 aliphatic rings. The van der Waals surface area contributed by atoms with Gasteiger partial charge in [-0.25, -0.2) is 4.98 Å². The number of aryl methyl sites for hydroxylation is 1. The lowest BCUT2D eigenvalue weighted by atomic mass is 10.1. The monoisotopic (exact) mass is 331 g/mol. The molecule has 0 amide bonds. The fourth-order valence-electron chi connectivity index (χ4n) is 2.11. The molecule has 0 fully saturated rings. The molecule has 1 heterocycles. The molecule has 0 saturated carbocycles. The summed E-state index contributed by atoms with van der Waals surface area (Å²) >= 11 is 0. The standard InChI is InChI=1S/C19H25NO4/c1-14-17(24-16-7-5-6-15(12-16)13-22-4)8-9-18(20-14)23-11-10-19(2,3)21/h5-9,12,21H,10-11,13H2,1-4H3. The number of ether oxygens (including phenoxy) is 3. The zero-order valence-corrected chi connectivity index (χ0v) is 14.7. The average molecular weight is 331 g/mol. The third kappa shape index (κ3) is 5.83. The second-order valence-corrected chi connectivity index (χ2v) is 6.33. The van der Waals surface area contributed by atoms with Gasteiger partial charge in [0.1, 0.15) is 11.5 Å². The van der Waals surface area contributed by atoms with E-state index in [0.29, 0.717) is 31.3 Å². The van der Waals surface area contributed by atoms with Gasteiger partial charge in [0, 0.05) is 19.6 Å². The normalized spacial score (nSPS) is 11.4. The maximum Gasteiger partial charge on any atom is 0.213 e. The molecule has 0 spiro atoms. The summed E-state index contributed by atoms with van der Waals surface area (Å²) in [6, 6.07) is 11.4. The maximum atomic E-state index is 9.69. The SMILES string of the molecule is COCc1cccc(Oc2ccc(OCCC(C)(C)O)nc2C)c1. The second-order valence-electron chi connectivity index (χ2n) is 6.33. The molecule has 1 aromatic heterocycles. The van der Waals surface area contributed by atoms with E-state index >= 15 is 0 Å². The van der Waals surface area contributed by atoms with Crippen molar-refractivity contribution in [3.05, 3.63) is 47.7 Å². The number of aromatic nitrogens is 1. The first-order valence-electron chi connectivity index (χ1n) is 7.96. The quantitative estimate of drug-likeness (QED) is 0.795. The van der Waals surface area contributed by atoms with Crippen LogP contribution in [0.2, 0.25) is 0 Å². The molecule has 0 bridgehead atoms. The smallest absolute Gasteiger partial charge is 0.213 e. The highest BCUT2D eigenvalue weighted by Crippen LogP contribution is 2.26. The van der Waals surface area contributed by atoms with Crippen molar-refractivity contribution in [2.75, 3.05) is 13.7 Å². The molecular formula is C19H25NO4. The van der Waals surface area contributed by atoms with Crippen molar-refractivity contribution in [3.63, 3.8) is 0 Å². The van der Waals surface area contributed by atoms with Gasteiger partial charge in [-0.3, -0.25) is 0 Å². The van der Waals surface area contributed by atoms with Crippen molar-refractivity contribution in [1.29, 1.82) is 0 Å². The number of methoxy groups -OCH3 is 1. The van der Waals surface area contributed by atoms with E-state index in [4.69, 9.17) is 14.2 Å². The molecule has 130 valence electrons. The summed E-state index contributed by atoms with van der Waals surface area (Å²) in [6.07, 6.45) is 0.540. The molecule has 1 N–H and O–H groups in total. The van der Waals surface area contributed by atoms with Gasteiger partial charge in [-0.15, -0.1) is 0 Å². The van der Waals surface area contributed by atoms with Gasteiger partial charge in [0.25, 0.3) is 0 Å². The van der Waals surface area contributed by atoms with Crippen molar-refractivity contribution in [1.82, 2.24) is 4.98 Å². The van der Waals surface area contributed by atoms with E-state index < -0.39 is 5.60 Å². The van der Waals surface area contributed by atoms with Crippen LogP contribution in [-0.4, -0.2) is 29.4 Å². The first-order valence-corrected chi connectivity index (χ1v) is 7.96. The van der Waals surface area contributed by atoms with Crippen LogP contribution in [0, 0.1) is 6.92 Å². The van der Waals surface area contributed by atoms with Gasteiger partial charge in [-0.2, -0.15) is 0 Å². The summed E-state index contributed by atoms with van der Waals surface area (Å²) in [7, 11) is 1.66. The van der Waals surface area contributed by atoms with Crippen LogP contribution in [0.3, 0.4) is 0 Å². The summed E-state index contributed by atoms with van der Waals surface area (Å²) in [5, 5.41) is 9.69. The van der Waals surface area contributed by atoms with Gasteiger partial charge >= 0.3 is 0 Å². The Hall–Kier alpha value is -2.11. The van der Waals surface area contributed by atoms with Crippen molar-refractivity contribution in [2.45, 2.75) is 39.4 Å². The highest BCUT2D eigenvalue weighted by atomic mass is 16.5. The molecule has 2 rings (SSSR count). The number of aliphatic hydroxyl groups is 1. The fourth-order valence-corrected chi connectivity index (χ4v) is 2.11. The summed E-state index contributed by atoms with van der Waals surface area (Å²) in [5.41, 5.74) is 1.05. The van der Waals surface area contributed by atoms with Crippen molar-refractivity contribution in [2.24, 2.45) is 0 Å². The van der Waals surface area contributed by atoms with Crippen LogP contribution < -0.4 is 9.47 Å². The number of rotatable bonds is 8. The zero-order valence-electron chi connectivity index (χ0n) is 14.7. The predicted molar refractivity (Wildman–Crippen MR) is 92.6 cm³/mol. The topological polar surface area (TPSA) is 60.8 Å². The second kappa shape index (κ2) is 8.13. The molecule has 0 unspecified atom stereocenters. The molecule has 2 aromatic rings. The molecule has 0 atom stereocenters. The van der Waals surface area contributed by atoms with Gasteiger partial charge in [-0.1, -0.05) is 12.1 Å². The van der Waals surface area contributed by atoms with Crippen molar-refractivity contribution < 1.29 is 19.3 Å². The molecule has 24 heavy (non-hydrogen) atoms. The predicted octanol–water partition coefficient (Wildman–Crippen LogP) is 3.87. The molecule has 0 aliphatic heterocycles. The summed E-state index contributed by atoms with van der Waals surface area (Å²) in [5.74, 6) is 1.95. The van der Waals surface area contributed by atoms with Gasteiger partial charge in [0.05, 0.1) is 24.5 Å². The fraction of sp³-hybridized carbons (Fsp3) is 0.421. The maximum absolute atomic E-state index is 9.69. The average Bonchev–Trinajstić information content (AvgIpc) is 2.49. The summed E-state index contributed by atoms with van der Waals surface area (Å²) in [6.45, 7) is 6.34. The van der Waals surface area contributed by atoms with Gasteiger partial charge < -0.3 is 19.3 Å². The number of pyridine rings is 1. The Morgan fingerprint density at radius 1 is 1.17 bits per heavy atom. The van der Waals surface area contributed by atoms with Crippen LogP contribution in [0.15, 0.2) is 36.4 Å². The number of hydrogen-bond acceptors (Lipinski definition) is 5. The first kappa shape index (κ1) is 18.2. The van der Waals surface area contributed by atoms with E-state index in [-0.39, 0.29) is 0 Å². The Labute approximate surface area is 143 Å². The van der Waals surface area contributed by atoms with Crippen LogP contribution in [0.1, 0.15) is 31.5 Å². The Morgan fingerprint density at radius 3 is 2.62 bits per heavy atom. The highest BCUT2D eigenvalue weighted by molar-refractivity contribution is 5.37. The molecule has 0 radical (unpaired) electrons. The minimum atomic E-state index is -0.745. The van der Waals surface area contributed by atoms with Crippen LogP contribution in [-0.2, 0) is 11.3 Å². The Bertz CT molecular complexity index is 665. The van der Waals surface area contributed by atoms with E-state index in [0.717, 1.165) is 17.0 Å². The van der Waals surface area contributed by atoms with E-state index in [1.165, 1.54) is 0 Å². The molecule has 5 heteroatoms. The summed E-state index contributed by atoms with van der Waals surface area (Å²) in [4.78, 5) is 4.39. The minimum Gasteiger partial charge on any atom is -0.478 e. The zero-order chi connectivity index (χ0) is 17.6. The largest absolute Gasteiger partial charge is 0.478 e. The van der Waals surface area contributed by atoms with Gasteiger partial charge in [0.2, 0.25) is 5.88 Å². The minimum absolute atomic E-state index is 0.412. The van der Waals surface area contributed by atoms with Gasteiger partial charge in [0.15, 0.2) is 0 Å². The molecule has 0 saturated heterocycles. The van der Waals surface area contributed by atoms with Crippen molar-refractivity contribution in [3.8, 4) is 17.4 Å². The lowest BCUT2D eigenvalue weighted by Crippen LogP contribution is -2.22. The van der Waals surface area contributed by atoms with E-state index in [2.05, 4.69) is 4.98 Å². The van der Waals surface area contributed by atoms with Crippen LogP contribution in [0.25, 0.3) is 0 Å². The first-order chi connectivity index (χ1) is 11.4. The third-order valence-electron chi connectivity index (χ3n) is 3.41. The lowest BCUT2D eigenvalue weighted by molar-refractivity contribution is 0.0546. The molecule has 1 aromatic carbocycles. The Kier molecular flexibility index (Phi) is 6.17. The Morgan fingerprint density at radius 2 is 1.96 bits per heavy atom. The lowest BCUT2D eigenvalue weighted by Gasteiger charge is -2.17.